The molecule has 0 amide bonds. The van der Waals surface area contributed by atoms with E-state index in [0.29, 0.717) is 12.5 Å². The number of nitrogens with two attached hydrogens (primary N) is 1. The molecule has 0 radical (unpaired) electrons. The van der Waals surface area contributed by atoms with Gasteiger partial charge in [0.2, 0.25) is 0 Å². The average molecular weight is 304 g/mol. The fraction of sp³-hybridized carbons (Fsp3) is 0.263. The van der Waals surface area contributed by atoms with Gasteiger partial charge in [-0.3, -0.25) is 0 Å². The van der Waals surface area contributed by atoms with Crippen LogP contribution in [0.15, 0.2) is 54.6 Å². The standard InChI is InChI=1S/C19H20N4/c1-13(15-9-10-15)11-18-21-19-4-2-3-17(23(19)22-18)16-7-5-14(12-20)6-8-16/h2-8,15H,1,9-12,20H2. The van der Waals surface area contributed by atoms with Crippen LogP contribution < -0.4 is 5.73 Å². The third-order valence-corrected chi connectivity index (χ3v) is 4.43. The topological polar surface area (TPSA) is 56.2 Å². The van der Waals surface area contributed by atoms with Crippen molar-refractivity contribution in [1.82, 2.24) is 14.6 Å². The van der Waals surface area contributed by atoms with E-state index in [2.05, 4.69) is 41.9 Å². The van der Waals surface area contributed by atoms with Gasteiger partial charge in [-0.15, -0.1) is 0 Å². The molecule has 1 aromatic carbocycles. The van der Waals surface area contributed by atoms with Gasteiger partial charge in [-0.25, -0.2) is 9.50 Å². The van der Waals surface area contributed by atoms with Crippen molar-refractivity contribution < 1.29 is 0 Å². The van der Waals surface area contributed by atoms with Crippen molar-refractivity contribution in [2.45, 2.75) is 25.8 Å². The van der Waals surface area contributed by atoms with Crippen molar-refractivity contribution in [2.24, 2.45) is 11.7 Å². The van der Waals surface area contributed by atoms with Crippen LogP contribution in [-0.4, -0.2) is 14.6 Å². The molecule has 0 unspecified atom stereocenters. The van der Waals surface area contributed by atoms with Crippen LogP contribution in [-0.2, 0) is 13.0 Å². The SMILES string of the molecule is C=C(Cc1nc2cccc(-c3ccc(CN)cc3)n2n1)C1CC1. The zero-order valence-corrected chi connectivity index (χ0v) is 13.1. The van der Waals surface area contributed by atoms with Crippen LogP contribution in [0.1, 0.15) is 24.2 Å². The Morgan fingerprint density at radius 1 is 1.17 bits per heavy atom. The molecule has 2 N–H and O–H groups in total. The summed E-state index contributed by atoms with van der Waals surface area (Å²) in [7, 11) is 0. The minimum Gasteiger partial charge on any atom is -0.326 e. The second kappa shape index (κ2) is 5.63. The van der Waals surface area contributed by atoms with E-state index in [0.717, 1.165) is 34.7 Å². The fourth-order valence-corrected chi connectivity index (χ4v) is 2.89. The fourth-order valence-electron chi connectivity index (χ4n) is 2.89. The quantitative estimate of drug-likeness (QED) is 0.735. The molecule has 1 aliphatic carbocycles. The molecular formula is C19H20N4. The lowest BCUT2D eigenvalue weighted by Crippen LogP contribution is -1.98. The van der Waals surface area contributed by atoms with Crippen molar-refractivity contribution in [3.63, 3.8) is 0 Å². The summed E-state index contributed by atoms with van der Waals surface area (Å²) in [6.45, 7) is 4.74. The first-order valence-electron chi connectivity index (χ1n) is 8.06. The third kappa shape index (κ3) is 2.78. The molecular weight excluding hydrogens is 284 g/mol. The van der Waals surface area contributed by atoms with Crippen molar-refractivity contribution in [3.8, 4) is 11.3 Å². The van der Waals surface area contributed by atoms with Gasteiger partial charge >= 0.3 is 0 Å². The molecule has 2 aromatic heterocycles. The second-order valence-electron chi connectivity index (χ2n) is 6.22. The lowest BCUT2D eigenvalue weighted by molar-refractivity contribution is 0.856. The maximum absolute atomic E-state index is 5.67. The number of fused-ring (bicyclic) bond motifs is 1. The number of pyridine rings is 1. The molecule has 0 spiro atoms. The van der Waals surface area contributed by atoms with Gasteiger partial charge in [0, 0.05) is 18.5 Å². The summed E-state index contributed by atoms with van der Waals surface area (Å²) >= 11 is 0. The summed E-state index contributed by atoms with van der Waals surface area (Å²) < 4.78 is 1.92. The molecule has 0 saturated heterocycles. The van der Waals surface area contributed by atoms with Crippen molar-refractivity contribution in [3.05, 3.63) is 66.0 Å². The van der Waals surface area contributed by atoms with Gasteiger partial charge in [-0.2, -0.15) is 5.10 Å². The van der Waals surface area contributed by atoms with E-state index in [-0.39, 0.29) is 0 Å². The maximum atomic E-state index is 5.67. The highest BCUT2D eigenvalue weighted by Crippen LogP contribution is 2.36. The summed E-state index contributed by atoms with van der Waals surface area (Å²) in [5, 5.41) is 4.70. The van der Waals surface area contributed by atoms with E-state index in [1.54, 1.807) is 0 Å². The Morgan fingerprint density at radius 2 is 1.96 bits per heavy atom. The number of benzene rings is 1. The van der Waals surface area contributed by atoms with E-state index >= 15 is 0 Å². The maximum Gasteiger partial charge on any atom is 0.156 e. The lowest BCUT2D eigenvalue weighted by atomic mass is 10.1. The van der Waals surface area contributed by atoms with E-state index in [1.807, 2.05) is 16.6 Å². The van der Waals surface area contributed by atoms with Crippen LogP contribution in [0, 0.1) is 5.92 Å². The van der Waals surface area contributed by atoms with E-state index in [9.17, 15) is 0 Å². The van der Waals surface area contributed by atoms with E-state index in [1.165, 1.54) is 18.4 Å². The molecule has 0 aliphatic heterocycles. The summed E-state index contributed by atoms with van der Waals surface area (Å²) in [5.74, 6) is 1.54. The van der Waals surface area contributed by atoms with Crippen LogP contribution in [0.5, 0.6) is 0 Å². The molecule has 1 aliphatic rings. The van der Waals surface area contributed by atoms with Gasteiger partial charge in [0.15, 0.2) is 11.5 Å². The predicted octanol–water partition coefficient (Wildman–Crippen LogP) is 3.36. The first-order chi connectivity index (χ1) is 11.2. The smallest absolute Gasteiger partial charge is 0.156 e. The molecule has 1 fully saturated rings. The Kier molecular flexibility index (Phi) is 3.46. The van der Waals surface area contributed by atoms with Crippen LogP contribution in [0.2, 0.25) is 0 Å². The molecule has 116 valence electrons. The van der Waals surface area contributed by atoms with Crippen LogP contribution in [0.3, 0.4) is 0 Å². The molecule has 0 bridgehead atoms. The van der Waals surface area contributed by atoms with Gasteiger partial charge < -0.3 is 5.73 Å². The van der Waals surface area contributed by atoms with Crippen LogP contribution >= 0.6 is 0 Å². The second-order valence-corrected chi connectivity index (χ2v) is 6.22. The first kappa shape index (κ1) is 14.2. The van der Waals surface area contributed by atoms with Gasteiger partial charge in [-0.1, -0.05) is 42.5 Å². The Bertz CT molecular complexity index is 857. The third-order valence-electron chi connectivity index (χ3n) is 4.43. The van der Waals surface area contributed by atoms with Crippen LogP contribution in [0.25, 0.3) is 16.9 Å². The molecule has 23 heavy (non-hydrogen) atoms. The Labute approximate surface area is 135 Å². The molecule has 4 heteroatoms. The largest absolute Gasteiger partial charge is 0.326 e. The highest BCUT2D eigenvalue weighted by molar-refractivity contribution is 5.63. The summed E-state index contributed by atoms with van der Waals surface area (Å²) in [6, 6.07) is 14.4. The highest BCUT2D eigenvalue weighted by atomic mass is 15.3. The number of allylic oxidation sites excluding steroid dienone is 1. The molecule has 3 aromatic rings. The average Bonchev–Trinajstić information content (AvgIpc) is 3.35. The minimum atomic E-state index is 0.557. The van der Waals surface area contributed by atoms with Gasteiger partial charge in [-0.05, 0) is 36.5 Å². The number of hydrogen-bond acceptors (Lipinski definition) is 3. The number of nitrogens with zero attached hydrogens (tertiary/aromatic N) is 3. The van der Waals surface area contributed by atoms with Gasteiger partial charge in [0.25, 0.3) is 0 Å². The van der Waals surface area contributed by atoms with Crippen LogP contribution in [0.4, 0.5) is 0 Å². The monoisotopic (exact) mass is 304 g/mol. The number of rotatable bonds is 5. The summed E-state index contributed by atoms with van der Waals surface area (Å²) in [4.78, 5) is 4.65. The highest BCUT2D eigenvalue weighted by Gasteiger charge is 2.25. The summed E-state index contributed by atoms with van der Waals surface area (Å²) in [6.07, 6.45) is 3.31. The van der Waals surface area contributed by atoms with Crippen molar-refractivity contribution in [2.75, 3.05) is 0 Å². The first-order valence-corrected chi connectivity index (χ1v) is 8.06. The molecule has 4 nitrogen and oxygen atoms in total. The molecule has 4 rings (SSSR count). The molecule has 1 saturated carbocycles. The Hall–Kier alpha value is -2.46. The van der Waals surface area contributed by atoms with E-state index in [4.69, 9.17) is 10.8 Å². The van der Waals surface area contributed by atoms with Gasteiger partial charge in [0.1, 0.15) is 0 Å². The van der Waals surface area contributed by atoms with Gasteiger partial charge in [0.05, 0.1) is 5.69 Å². The van der Waals surface area contributed by atoms with Crippen molar-refractivity contribution >= 4 is 5.65 Å². The normalized spacial score (nSPS) is 14.3. The Balaban J connectivity index is 1.71. The number of aromatic nitrogens is 3. The lowest BCUT2D eigenvalue weighted by Gasteiger charge is -2.05. The van der Waals surface area contributed by atoms with Crippen molar-refractivity contribution in [1.29, 1.82) is 0 Å². The number of hydrogen-bond donors (Lipinski definition) is 1. The zero-order chi connectivity index (χ0) is 15.8. The van der Waals surface area contributed by atoms with E-state index < -0.39 is 0 Å². The minimum absolute atomic E-state index is 0.557. The summed E-state index contributed by atoms with van der Waals surface area (Å²) in [5.41, 5.74) is 11.1. The Morgan fingerprint density at radius 3 is 2.65 bits per heavy atom. The molecule has 2 heterocycles. The predicted molar refractivity (Wildman–Crippen MR) is 91.9 cm³/mol. The zero-order valence-electron chi connectivity index (χ0n) is 13.1. The molecule has 0 atom stereocenters.